The summed E-state index contributed by atoms with van der Waals surface area (Å²) in [7, 11) is 0. The van der Waals surface area contributed by atoms with E-state index >= 15 is 0 Å². The van der Waals surface area contributed by atoms with Gasteiger partial charge in [0.25, 0.3) is 0 Å². The smallest absolute Gasteiger partial charge is 0.227 e. The Hall–Kier alpha value is -3.28. The van der Waals surface area contributed by atoms with Gasteiger partial charge in [-0.25, -0.2) is 4.68 Å². The highest BCUT2D eigenvalue weighted by molar-refractivity contribution is 5.79. The molecule has 1 aromatic heterocycles. The van der Waals surface area contributed by atoms with Gasteiger partial charge in [-0.1, -0.05) is 24.3 Å². The molecule has 1 unspecified atom stereocenters. The van der Waals surface area contributed by atoms with Crippen molar-refractivity contribution in [3.63, 3.8) is 0 Å². The first-order valence-corrected chi connectivity index (χ1v) is 10.1. The number of hydrogen-bond donors (Lipinski definition) is 0. The molecule has 2 aromatic carbocycles. The molecule has 0 aliphatic carbocycles. The highest BCUT2D eigenvalue weighted by atomic mass is 16.6. The molecule has 0 radical (unpaired) electrons. The number of carbonyl (C=O) groups is 1. The highest BCUT2D eigenvalue weighted by Crippen LogP contribution is 2.38. The van der Waals surface area contributed by atoms with Gasteiger partial charge in [-0.3, -0.25) is 4.79 Å². The fourth-order valence-electron chi connectivity index (χ4n) is 4.13. The van der Waals surface area contributed by atoms with Gasteiger partial charge in [0, 0.05) is 12.7 Å². The van der Waals surface area contributed by atoms with Gasteiger partial charge in [0.1, 0.15) is 13.2 Å². The van der Waals surface area contributed by atoms with Crippen molar-refractivity contribution in [1.82, 2.24) is 14.7 Å². The number of carbonyl (C=O) groups excluding carboxylic acids is 1. The monoisotopic (exact) mass is 389 g/mol. The van der Waals surface area contributed by atoms with Crippen molar-refractivity contribution in [3.05, 3.63) is 72.1 Å². The minimum atomic E-state index is 0.0856. The quantitative estimate of drug-likeness (QED) is 0.685. The molecule has 0 N–H and O–H groups in total. The number of benzene rings is 2. The van der Waals surface area contributed by atoms with E-state index in [-0.39, 0.29) is 11.9 Å². The Morgan fingerprint density at radius 1 is 1.07 bits per heavy atom. The SMILES string of the molecule is O=C(Cc1cnn(-c2ccccc2)c1)N1CCCC1c1ccc2c(c1)OCCO2. The van der Waals surface area contributed by atoms with Gasteiger partial charge in [-0.2, -0.15) is 5.10 Å². The standard InChI is InChI=1S/C23H23N3O3/c27-23(13-17-15-24-26(16-17)19-5-2-1-3-6-19)25-10-4-7-20(25)18-8-9-21-22(14-18)29-12-11-28-21/h1-3,5-6,8-9,14-16,20H,4,7,10-13H2. The third kappa shape index (κ3) is 3.58. The average molecular weight is 389 g/mol. The third-order valence-corrected chi connectivity index (χ3v) is 5.54. The van der Waals surface area contributed by atoms with E-state index < -0.39 is 0 Å². The van der Waals surface area contributed by atoms with Crippen LogP contribution in [0.3, 0.4) is 0 Å². The van der Waals surface area contributed by atoms with Crippen LogP contribution in [-0.2, 0) is 11.2 Å². The fourth-order valence-corrected chi connectivity index (χ4v) is 4.13. The summed E-state index contributed by atoms with van der Waals surface area (Å²) in [6.07, 6.45) is 6.04. The zero-order valence-electron chi connectivity index (χ0n) is 16.2. The van der Waals surface area contributed by atoms with Gasteiger partial charge < -0.3 is 14.4 Å². The summed E-state index contributed by atoms with van der Waals surface area (Å²) in [4.78, 5) is 15.1. The van der Waals surface area contributed by atoms with E-state index in [4.69, 9.17) is 9.47 Å². The van der Waals surface area contributed by atoms with Crippen LogP contribution in [0.1, 0.15) is 30.0 Å². The zero-order chi connectivity index (χ0) is 19.6. The van der Waals surface area contributed by atoms with E-state index in [1.807, 2.05) is 58.2 Å². The van der Waals surface area contributed by atoms with Gasteiger partial charge in [-0.15, -0.1) is 0 Å². The maximum absolute atomic E-state index is 13.1. The molecule has 1 atom stereocenters. The molecule has 2 aliphatic rings. The Kier molecular flexibility index (Phi) is 4.68. The molecule has 1 fully saturated rings. The first kappa shape index (κ1) is 17.8. The number of hydrogen-bond acceptors (Lipinski definition) is 4. The molecule has 0 saturated carbocycles. The summed E-state index contributed by atoms with van der Waals surface area (Å²) in [5, 5.41) is 4.41. The predicted molar refractivity (Wildman–Crippen MR) is 108 cm³/mol. The van der Waals surface area contributed by atoms with Crippen LogP contribution in [0.4, 0.5) is 0 Å². The van der Waals surface area contributed by atoms with Gasteiger partial charge in [0.15, 0.2) is 11.5 Å². The molecule has 3 aromatic rings. The Morgan fingerprint density at radius 2 is 1.90 bits per heavy atom. The Labute approximate surface area is 169 Å². The minimum absolute atomic E-state index is 0.0856. The minimum Gasteiger partial charge on any atom is -0.486 e. The zero-order valence-corrected chi connectivity index (χ0v) is 16.2. The number of amides is 1. The maximum Gasteiger partial charge on any atom is 0.227 e. The topological polar surface area (TPSA) is 56.6 Å². The lowest BCUT2D eigenvalue weighted by Crippen LogP contribution is -2.31. The molecule has 0 spiro atoms. The number of ether oxygens (including phenoxy) is 2. The van der Waals surface area contributed by atoms with Crippen LogP contribution < -0.4 is 9.47 Å². The van der Waals surface area contributed by atoms with E-state index in [1.165, 1.54) is 0 Å². The first-order valence-electron chi connectivity index (χ1n) is 10.1. The summed E-state index contributed by atoms with van der Waals surface area (Å²) in [5.41, 5.74) is 3.02. The molecule has 148 valence electrons. The first-order chi connectivity index (χ1) is 14.3. The van der Waals surface area contributed by atoms with E-state index in [9.17, 15) is 4.79 Å². The summed E-state index contributed by atoms with van der Waals surface area (Å²) in [6.45, 7) is 1.93. The van der Waals surface area contributed by atoms with Gasteiger partial charge in [-0.05, 0) is 48.2 Å². The number of nitrogens with zero attached hydrogens (tertiary/aromatic N) is 3. The molecule has 29 heavy (non-hydrogen) atoms. The number of aromatic nitrogens is 2. The molecule has 3 heterocycles. The lowest BCUT2D eigenvalue weighted by molar-refractivity contribution is -0.131. The van der Waals surface area contributed by atoms with Crippen molar-refractivity contribution in [3.8, 4) is 17.2 Å². The van der Waals surface area contributed by atoms with Gasteiger partial charge >= 0.3 is 0 Å². The third-order valence-electron chi connectivity index (χ3n) is 5.54. The van der Waals surface area contributed by atoms with E-state index in [0.717, 1.165) is 47.7 Å². The normalized spacial score (nSPS) is 18.1. The molecular formula is C23H23N3O3. The molecule has 5 rings (SSSR count). The van der Waals surface area contributed by atoms with E-state index in [2.05, 4.69) is 11.2 Å². The number of likely N-dealkylation sites (tertiary alicyclic amines) is 1. The van der Waals surface area contributed by atoms with Crippen LogP contribution >= 0.6 is 0 Å². The summed E-state index contributed by atoms with van der Waals surface area (Å²) in [6, 6.07) is 16.0. The van der Waals surface area contributed by atoms with E-state index in [0.29, 0.717) is 19.6 Å². The lowest BCUT2D eigenvalue weighted by atomic mass is 10.0. The van der Waals surface area contributed by atoms with Gasteiger partial charge in [0.05, 0.1) is 24.3 Å². The predicted octanol–water partition coefficient (Wildman–Crippen LogP) is 3.55. The van der Waals surface area contributed by atoms with Crippen molar-refractivity contribution in [1.29, 1.82) is 0 Å². The molecule has 2 aliphatic heterocycles. The molecular weight excluding hydrogens is 366 g/mol. The maximum atomic E-state index is 13.1. The van der Waals surface area contributed by atoms with Crippen LogP contribution in [0.25, 0.3) is 5.69 Å². The molecule has 0 bridgehead atoms. The van der Waals surface area contributed by atoms with Crippen molar-refractivity contribution in [2.75, 3.05) is 19.8 Å². The second kappa shape index (κ2) is 7.62. The van der Waals surface area contributed by atoms with Crippen LogP contribution in [0.2, 0.25) is 0 Å². The fraction of sp³-hybridized carbons (Fsp3) is 0.304. The van der Waals surface area contributed by atoms with Gasteiger partial charge in [0.2, 0.25) is 5.91 Å². The Morgan fingerprint density at radius 3 is 2.76 bits per heavy atom. The van der Waals surface area contributed by atoms with Crippen molar-refractivity contribution >= 4 is 5.91 Å². The Bertz CT molecular complexity index is 1020. The number of para-hydroxylation sites is 1. The summed E-state index contributed by atoms with van der Waals surface area (Å²) >= 11 is 0. The molecule has 1 amide bonds. The average Bonchev–Trinajstić information content (AvgIpc) is 3.44. The largest absolute Gasteiger partial charge is 0.486 e. The molecule has 1 saturated heterocycles. The summed E-state index contributed by atoms with van der Waals surface area (Å²) in [5.74, 6) is 1.69. The van der Waals surface area contributed by atoms with Crippen molar-refractivity contribution < 1.29 is 14.3 Å². The molecule has 6 nitrogen and oxygen atoms in total. The Balaban J connectivity index is 1.31. The van der Waals surface area contributed by atoms with Crippen molar-refractivity contribution in [2.45, 2.75) is 25.3 Å². The van der Waals surface area contributed by atoms with Crippen LogP contribution in [0, 0.1) is 0 Å². The number of fused-ring (bicyclic) bond motifs is 1. The number of rotatable bonds is 4. The van der Waals surface area contributed by atoms with Crippen molar-refractivity contribution in [2.24, 2.45) is 0 Å². The van der Waals surface area contributed by atoms with Crippen LogP contribution in [0.5, 0.6) is 11.5 Å². The van der Waals surface area contributed by atoms with E-state index in [1.54, 1.807) is 6.20 Å². The van der Waals surface area contributed by atoms with Crippen LogP contribution in [0.15, 0.2) is 60.9 Å². The second-order valence-electron chi connectivity index (χ2n) is 7.45. The second-order valence-corrected chi connectivity index (χ2v) is 7.45. The summed E-state index contributed by atoms with van der Waals surface area (Å²) < 4.78 is 13.1. The van der Waals surface area contributed by atoms with Crippen LogP contribution in [-0.4, -0.2) is 40.3 Å². The molecule has 6 heteroatoms. The lowest BCUT2D eigenvalue weighted by Gasteiger charge is -2.26. The highest BCUT2D eigenvalue weighted by Gasteiger charge is 2.31.